The summed E-state index contributed by atoms with van der Waals surface area (Å²) in [7, 11) is 0. The molecule has 17 heavy (non-hydrogen) atoms. The summed E-state index contributed by atoms with van der Waals surface area (Å²) in [4.78, 5) is 12.7. The molecule has 1 aromatic carbocycles. The Morgan fingerprint density at radius 3 is 2.82 bits per heavy atom. The number of benzene rings is 1. The lowest BCUT2D eigenvalue weighted by Crippen LogP contribution is -2.32. The van der Waals surface area contributed by atoms with E-state index in [1.165, 1.54) is 0 Å². The summed E-state index contributed by atoms with van der Waals surface area (Å²) in [6.07, 6.45) is 1.98. The Labute approximate surface area is 108 Å². The predicted molar refractivity (Wildman–Crippen MR) is 66.9 cm³/mol. The maximum absolute atomic E-state index is 10.9. The summed E-state index contributed by atoms with van der Waals surface area (Å²) in [5.74, 6) is -0.874. The van der Waals surface area contributed by atoms with Crippen molar-refractivity contribution >= 4 is 27.6 Å². The van der Waals surface area contributed by atoms with E-state index in [4.69, 9.17) is 10.4 Å². The molecule has 0 heterocycles. The van der Waals surface area contributed by atoms with Crippen LogP contribution in [0.5, 0.6) is 0 Å². The summed E-state index contributed by atoms with van der Waals surface area (Å²) in [6, 6.07) is 7.66. The lowest BCUT2D eigenvalue weighted by Gasteiger charge is -2.23. The van der Waals surface area contributed by atoms with Gasteiger partial charge < -0.3 is 10.0 Å². The van der Waals surface area contributed by atoms with Crippen LogP contribution in [0.4, 0.5) is 5.69 Å². The fraction of sp³-hybridized carbons (Fsp3) is 0.333. The number of aliphatic carboxylic acids is 1. The molecule has 88 valence electrons. The van der Waals surface area contributed by atoms with E-state index in [0.717, 1.165) is 17.3 Å². The summed E-state index contributed by atoms with van der Waals surface area (Å²) in [5.41, 5.74) is 1.22. The summed E-state index contributed by atoms with van der Waals surface area (Å²) < 4.78 is 0.850. The first-order valence-corrected chi connectivity index (χ1v) is 6.09. The van der Waals surface area contributed by atoms with Gasteiger partial charge in [-0.05, 0) is 31.0 Å². The fourth-order valence-corrected chi connectivity index (χ4v) is 2.13. The molecule has 1 aliphatic carbocycles. The number of carboxylic acid groups (broad SMARTS) is 1. The van der Waals surface area contributed by atoms with Crippen molar-refractivity contribution in [2.75, 3.05) is 11.4 Å². The molecule has 2 rings (SSSR count). The first-order valence-electron chi connectivity index (χ1n) is 5.30. The van der Waals surface area contributed by atoms with Crippen LogP contribution in [-0.2, 0) is 4.79 Å². The zero-order valence-electron chi connectivity index (χ0n) is 9.06. The number of carboxylic acids is 1. The second-order valence-corrected chi connectivity index (χ2v) is 4.94. The Kier molecular flexibility index (Phi) is 3.34. The second-order valence-electron chi connectivity index (χ2n) is 4.03. The summed E-state index contributed by atoms with van der Waals surface area (Å²) in [5, 5.41) is 18.0. The quantitative estimate of drug-likeness (QED) is 0.926. The maximum Gasteiger partial charge on any atom is 0.323 e. The maximum atomic E-state index is 10.9. The minimum Gasteiger partial charge on any atom is -0.480 e. The average molecular weight is 295 g/mol. The van der Waals surface area contributed by atoms with E-state index in [0.29, 0.717) is 11.3 Å². The van der Waals surface area contributed by atoms with E-state index in [-0.39, 0.29) is 12.6 Å². The van der Waals surface area contributed by atoms with Gasteiger partial charge in [-0.3, -0.25) is 4.79 Å². The number of anilines is 1. The van der Waals surface area contributed by atoms with Crippen molar-refractivity contribution in [1.29, 1.82) is 5.26 Å². The Hall–Kier alpha value is -1.54. The topological polar surface area (TPSA) is 64.3 Å². The van der Waals surface area contributed by atoms with Gasteiger partial charge >= 0.3 is 5.97 Å². The van der Waals surface area contributed by atoms with Crippen LogP contribution in [-0.4, -0.2) is 23.7 Å². The highest BCUT2D eigenvalue weighted by molar-refractivity contribution is 9.10. The van der Waals surface area contributed by atoms with E-state index >= 15 is 0 Å². The third kappa shape index (κ3) is 2.77. The van der Waals surface area contributed by atoms with Crippen molar-refractivity contribution in [3.8, 4) is 6.07 Å². The molecule has 1 saturated carbocycles. The van der Waals surface area contributed by atoms with Gasteiger partial charge in [0.25, 0.3) is 0 Å². The normalized spacial score (nSPS) is 14.1. The molecule has 0 aromatic heterocycles. The monoisotopic (exact) mass is 294 g/mol. The van der Waals surface area contributed by atoms with Crippen molar-refractivity contribution in [2.45, 2.75) is 18.9 Å². The summed E-state index contributed by atoms with van der Waals surface area (Å²) in [6.45, 7) is -0.0597. The minimum atomic E-state index is -0.874. The van der Waals surface area contributed by atoms with Crippen molar-refractivity contribution < 1.29 is 9.90 Å². The Bertz CT molecular complexity index is 492. The molecule has 0 saturated heterocycles. The van der Waals surface area contributed by atoms with E-state index in [1.807, 2.05) is 0 Å². The molecule has 5 heteroatoms. The highest BCUT2D eigenvalue weighted by Crippen LogP contribution is 2.34. The molecule has 1 N–H and O–H groups in total. The number of nitriles is 1. The number of hydrogen-bond acceptors (Lipinski definition) is 3. The van der Waals surface area contributed by atoms with E-state index in [1.54, 1.807) is 23.1 Å². The molecule has 1 aliphatic rings. The van der Waals surface area contributed by atoms with Gasteiger partial charge in [-0.1, -0.05) is 15.9 Å². The molecule has 1 fully saturated rings. The SMILES string of the molecule is N#Cc1ccc(Br)cc1N(CC(=O)O)C1CC1. The molecule has 0 radical (unpaired) electrons. The van der Waals surface area contributed by atoms with Gasteiger partial charge in [0.2, 0.25) is 0 Å². The molecule has 0 atom stereocenters. The molecule has 4 nitrogen and oxygen atoms in total. The number of rotatable bonds is 4. The van der Waals surface area contributed by atoms with Crippen LogP contribution in [0, 0.1) is 11.3 Å². The lowest BCUT2D eigenvalue weighted by atomic mass is 10.1. The van der Waals surface area contributed by atoms with Crippen LogP contribution >= 0.6 is 15.9 Å². The number of carbonyl (C=O) groups is 1. The van der Waals surface area contributed by atoms with Crippen molar-refractivity contribution in [3.05, 3.63) is 28.2 Å². The van der Waals surface area contributed by atoms with Crippen molar-refractivity contribution in [1.82, 2.24) is 0 Å². The molecule has 1 aromatic rings. The average Bonchev–Trinajstić information content (AvgIpc) is 3.09. The van der Waals surface area contributed by atoms with Crippen molar-refractivity contribution in [2.24, 2.45) is 0 Å². The van der Waals surface area contributed by atoms with Gasteiger partial charge in [-0.25, -0.2) is 0 Å². The number of hydrogen-bond donors (Lipinski definition) is 1. The zero-order valence-corrected chi connectivity index (χ0v) is 10.6. The van der Waals surface area contributed by atoms with Crippen LogP contribution in [0.1, 0.15) is 18.4 Å². The van der Waals surface area contributed by atoms with Gasteiger partial charge in [-0.15, -0.1) is 0 Å². The van der Waals surface area contributed by atoms with Gasteiger partial charge in [0.15, 0.2) is 0 Å². The molecule has 0 amide bonds. The fourth-order valence-electron chi connectivity index (χ4n) is 1.78. The van der Waals surface area contributed by atoms with Crippen LogP contribution < -0.4 is 4.90 Å². The van der Waals surface area contributed by atoms with Gasteiger partial charge in [0, 0.05) is 10.5 Å². The first kappa shape index (κ1) is 11.9. The number of halogens is 1. The highest BCUT2D eigenvalue weighted by atomic mass is 79.9. The van der Waals surface area contributed by atoms with E-state index in [9.17, 15) is 4.79 Å². The summed E-state index contributed by atoms with van der Waals surface area (Å²) >= 11 is 3.35. The van der Waals surface area contributed by atoms with Crippen LogP contribution in [0.3, 0.4) is 0 Å². The van der Waals surface area contributed by atoms with Crippen LogP contribution in [0.2, 0.25) is 0 Å². The second kappa shape index (κ2) is 4.76. The minimum absolute atomic E-state index is 0.0597. The molecular weight excluding hydrogens is 284 g/mol. The number of nitrogens with zero attached hydrogens (tertiary/aromatic N) is 2. The van der Waals surface area contributed by atoms with Gasteiger partial charge in [0.1, 0.15) is 12.6 Å². The smallest absolute Gasteiger partial charge is 0.323 e. The lowest BCUT2D eigenvalue weighted by molar-refractivity contribution is -0.135. The van der Waals surface area contributed by atoms with Gasteiger partial charge in [-0.2, -0.15) is 5.26 Å². The first-order chi connectivity index (χ1) is 8.11. The van der Waals surface area contributed by atoms with Gasteiger partial charge in [0.05, 0.1) is 11.3 Å². The third-order valence-corrected chi connectivity index (χ3v) is 3.18. The largest absolute Gasteiger partial charge is 0.480 e. The van der Waals surface area contributed by atoms with Crippen LogP contribution in [0.25, 0.3) is 0 Å². The zero-order chi connectivity index (χ0) is 12.4. The Balaban J connectivity index is 2.37. The Morgan fingerprint density at radius 1 is 1.59 bits per heavy atom. The molecule has 0 bridgehead atoms. The predicted octanol–water partition coefficient (Wildman–Crippen LogP) is 2.37. The molecule has 0 unspecified atom stereocenters. The van der Waals surface area contributed by atoms with Crippen molar-refractivity contribution in [3.63, 3.8) is 0 Å². The molecule has 0 spiro atoms. The molecular formula is C12H11BrN2O2. The Morgan fingerprint density at radius 2 is 2.29 bits per heavy atom. The standard InChI is InChI=1S/C12H11BrN2O2/c13-9-2-1-8(6-14)11(5-9)15(7-12(16)17)10-3-4-10/h1-2,5,10H,3-4,7H2,(H,16,17). The molecule has 0 aliphatic heterocycles. The van der Waals surface area contributed by atoms with E-state index in [2.05, 4.69) is 22.0 Å². The van der Waals surface area contributed by atoms with Crippen LogP contribution in [0.15, 0.2) is 22.7 Å². The third-order valence-electron chi connectivity index (χ3n) is 2.68. The highest BCUT2D eigenvalue weighted by Gasteiger charge is 2.31. The van der Waals surface area contributed by atoms with E-state index < -0.39 is 5.97 Å².